The van der Waals surface area contributed by atoms with Crippen LogP contribution in [0.1, 0.15) is 33.6 Å². The van der Waals surface area contributed by atoms with Gasteiger partial charge in [-0.3, -0.25) is 4.90 Å². The lowest BCUT2D eigenvalue weighted by Crippen LogP contribution is -2.41. The monoisotopic (exact) mass is 200 g/mol. The van der Waals surface area contributed by atoms with E-state index in [4.69, 9.17) is 4.74 Å². The molecule has 84 valence electrons. The second kappa shape index (κ2) is 5.10. The van der Waals surface area contributed by atoms with Crippen LogP contribution in [0.15, 0.2) is 0 Å². The van der Waals surface area contributed by atoms with Crippen LogP contribution in [0.4, 0.5) is 0 Å². The van der Waals surface area contributed by atoms with Gasteiger partial charge in [0.05, 0.1) is 18.4 Å². The van der Waals surface area contributed by atoms with E-state index in [-0.39, 0.29) is 5.60 Å². The number of likely N-dealkylation sites (tertiary alicyclic amines) is 1. The molecule has 1 rings (SSSR count). The van der Waals surface area contributed by atoms with E-state index >= 15 is 0 Å². The Kier molecular flexibility index (Phi) is 4.35. The predicted molar refractivity (Wildman–Crippen MR) is 59.4 cm³/mol. The average molecular weight is 200 g/mol. The first-order valence-electron chi connectivity index (χ1n) is 5.58. The molecule has 0 aromatic heterocycles. The molecule has 1 saturated heterocycles. The van der Waals surface area contributed by atoms with Gasteiger partial charge in [-0.15, -0.1) is 0 Å². The smallest absolute Gasteiger partial charge is 0.0601 e. The third-order valence-corrected chi connectivity index (χ3v) is 2.61. The highest BCUT2D eigenvalue weighted by atomic mass is 16.5. The SMILES string of the molecule is CN[C@H]1CCCN1CCOC(C)(C)C. The van der Waals surface area contributed by atoms with Crippen LogP contribution in [0.25, 0.3) is 0 Å². The first-order valence-corrected chi connectivity index (χ1v) is 5.58. The van der Waals surface area contributed by atoms with E-state index in [1.54, 1.807) is 0 Å². The lowest BCUT2D eigenvalue weighted by molar-refractivity contribution is -0.0153. The molecule has 1 aliphatic heterocycles. The summed E-state index contributed by atoms with van der Waals surface area (Å²) in [6.07, 6.45) is 3.14. The Labute approximate surface area is 87.8 Å². The Hall–Kier alpha value is -0.120. The number of nitrogens with zero attached hydrogens (tertiary/aromatic N) is 1. The van der Waals surface area contributed by atoms with Crippen molar-refractivity contribution in [1.82, 2.24) is 10.2 Å². The van der Waals surface area contributed by atoms with E-state index in [2.05, 4.69) is 31.0 Å². The van der Waals surface area contributed by atoms with Crippen LogP contribution in [0.2, 0.25) is 0 Å². The van der Waals surface area contributed by atoms with Gasteiger partial charge >= 0.3 is 0 Å². The summed E-state index contributed by atoms with van der Waals surface area (Å²) in [6, 6.07) is 0. The third-order valence-electron chi connectivity index (χ3n) is 2.61. The molecular weight excluding hydrogens is 176 g/mol. The number of rotatable bonds is 4. The zero-order chi connectivity index (χ0) is 10.6. The largest absolute Gasteiger partial charge is 0.375 e. The Balaban J connectivity index is 2.18. The fourth-order valence-corrected chi connectivity index (χ4v) is 1.89. The first kappa shape index (κ1) is 12.0. The zero-order valence-corrected chi connectivity index (χ0v) is 9.97. The van der Waals surface area contributed by atoms with Gasteiger partial charge in [0.25, 0.3) is 0 Å². The molecule has 0 unspecified atom stereocenters. The lowest BCUT2D eigenvalue weighted by Gasteiger charge is -2.26. The van der Waals surface area contributed by atoms with Crippen molar-refractivity contribution >= 4 is 0 Å². The van der Waals surface area contributed by atoms with Crippen LogP contribution in [0.3, 0.4) is 0 Å². The topological polar surface area (TPSA) is 24.5 Å². The highest BCUT2D eigenvalue weighted by molar-refractivity contribution is 4.75. The van der Waals surface area contributed by atoms with Gasteiger partial charge in [-0.1, -0.05) is 0 Å². The van der Waals surface area contributed by atoms with Crippen LogP contribution >= 0.6 is 0 Å². The fourth-order valence-electron chi connectivity index (χ4n) is 1.89. The standard InChI is InChI=1S/C11H24N2O/c1-11(2,3)14-9-8-13-7-5-6-10(13)12-4/h10,12H,5-9H2,1-4H3/t10-/m1/s1. The van der Waals surface area contributed by atoms with Crippen molar-refractivity contribution in [3.8, 4) is 0 Å². The molecule has 0 radical (unpaired) electrons. The Morgan fingerprint density at radius 2 is 2.14 bits per heavy atom. The molecule has 0 aromatic rings. The Morgan fingerprint density at radius 3 is 2.71 bits per heavy atom. The van der Waals surface area contributed by atoms with Crippen molar-refractivity contribution in [1.29, 1.82) is 0 Å². The fraction of sp³-hybridized carbons (Fsp3) is 1.00. The van der Waals surface area contributed by atoms with Crippen molar-refractivity contribution in [2.45, 2.75) is 45.4 Å². The Bertz CT molecular complexity index is 165. The highest BCUT2D eigenvalue weighted by Crippen LogP contribution is 2.14. The predicted octanol–water partition coefficient (Wildman–Crippen LogP) is 1.44. The summed E-state index contributed by atoms with van der Waals surface area (Å²) in [5.41, 5.74) is -0.00510. The molecule has 1 N–H and O–H groups in total. The summed E-state index contributed by atoms with van der Waals surface area (Å²) < 4.78 is 5.71. The van der Waals surface area contributed by atoms with Crippen LogP contribution in [0.5, 0.6) is 0 Å². The molecule has 0 bridgehead atoms. The summed E-state index contributed by atoms with van der Waals surface area (Å²) in [6.45, 7) is 9.40. The van der Waals surface area contributed by atoms with Crippen molar-refractivity contribution < 1.29 is 4.74 Å². The first-order chi connectivity index (χ1) is 6.53. The van der Waals surface area contributed by atoms with Gasteiger partial charge in [-0.05, 0) is 47.2 Å². The molecule has 14 heavy (non-hydrogen) atoms. The van der Waals surface area contributed by atoms with E-state index in [0.29, 0.717) is 6.17 Å². The maximum atomic E-state index is 5.71. The van der Waals surface area contributed by atoms with Crippen molar-refractivity contribution in [3.63, 3.8) is 0 Å². The highest BCUT2D eigenvalue weighted by Gasteiger charge is 2.22. The quantitative estimate of drug-likeness (QED) is 0.743. The van der Waals surface area contributed by atoms with Gasteiger partial charge in [-0.25, -0.2) is 0 Å². The third kappa shape index (κ3) is 3.95. The van der Waals surface area contributed by atoms with E-state index in [1.165, 1.54) is 19.4 Å². The Morgan fingerprint density at radius 1 is 1.43 bits per heavy atom. The van der Waals surface area contributed by atoms with E-state index in [1.807, 2.05) is 7.05 Å². The summed E-state index contributed by atoms with van der Waals surface area (Å²) in [5.74, 6) is 0. The molecule has 1 fully saturated rings. The molecule has 0 amide bonds. The second-order valence-corrected chi connectivity index (χ2v) is 4.94. The summed E-state index contributed by atoms with van der Waals surface area (Å²) in [5, 5.41) is 3.33. The van der Waals surface area contributed by atoms with Gasteiger partial charge in [0.2, 0.25) is 0 Å². The van der Waals surface area contributed by atoms with Gasteiger partial charge in [0.15, 0.2) is 0 Å². The molecule has 0 aromatic carbocycles. The van der Waals surface area contributed by atoms with Gasteiger partial charge in [-0.2, -0.15) is 0 Å². The van der Waals surface area contributed by atoms with Crippen LogP contribution < -0.4 is 5.32 Å². The minimum absolute atomic E-state index is 0.00510. The minimum Gasteiger partial charge on any atom is -0.375 e. The molecule has 1 aliphatic rings. The van der Waals surface area contributed by atoms with Crippen molar-refractivity contribution in [2.24, 2.45) is 0 Å². The molecule has 3 nitrogen and oxygen atoms in total. The number of ether oxygens (including phenoxy) is 1. The van der Waals surface area contributed by atoms with Crippen LogP contribution in [-0.2, 0) is 4.74 Å². The molecular formula is C11H24N2O. The zero-order valence-electron chi connectivity index (χ0n) is 9.97. The van der Waals surface area contributed by atoms with Gasteiger partial charge in [0.1, 0.15) is 0 Å². The molecule has 0 aliphatic carbocycles. The maximum absolute atomic E-state index is 5.71. The summed E-state index contributed by atoms with van der Waals surface area (Å²) in [4.78, 5) is 2.46. The number of hydrogen-bond donors (Lipinski definition) is 1. The summed E-state index contributed by atoms with van der Waals surface area (Å²) in [7, 11) is 2.04. The molecule has 1 heterocycles. The van der Waals surface area contributed by atoms with Crippen LogP contribution in [0, 0.1) is 0 Å². The average Bonchev–Trinajstić information content (AvgIpc) is 2.49. The van der Waals surface area contributed by atoms with Crippen molar-refractivity contribution in [3.05, 3.63) is 0 Å². The van der Waals surface area contributed by atoms with Crippen molar-refractivity contribution in [2.75, 3.05) is 26.7 Å². The van der Waals surface area contributed by atoms with Gasteiger partial charge < -0.3 is 10.1 Å². The number of nitrogens with one attached hydrogen (secondary N) is 1. The second-order valence-electron chi connectivity index (χ2n) is 4.94. The van der Waals surface area contributed by atoms with Gasteiger partial charge in [0, 0.05) is 6.54 Å². The van der Waals surface area contributed by atoms with E-state index in [9.17, 15) is 0 Å². The van der Waals surface area contributed by atoms with E-state index in [0.717, 1.165) is 13.2 Å². The minimum atomic E-state index is -0.00510. The molecule has 3 heteroatoms. The molecule has 1 atom stereocenters. The van der Waals surface area contributed by atoms with Crippen LogP contribution in [-0.4, -0.2) is 43.4 Å². The summed E-state index contributed by atoms with van der Waals surface area (Å²) >= 11 is 0. The molecule has 0 spiro atoms. The normalized spacial score (nSPS) is 24.4. The lowest BCUT2D eigenvalue weighted by atomic mass is 10.2. The number of hydrogen-bond acceptors (Lipinski definition) is 3. The maximum Gasteiger partial charge on any atom is 0.0601 e. The van der Waals surface area contributed by atoms with E-state index < -0.39 is 0 Å². The molecule has 0 saturated carbocycles.